The molecular weight excluding hydrogens is 774 g/mol. The Morgan fingerprint density at radius 1 is 0.767 bits per heavy atom. The van der Waals surface area contributed by atoms with Crippen LogP contribution >= 0.6 is 11.6 Å². The van der Waals surface area contributed by atoms with Gasteiger partial charge in [-0.1, -0.05) is 116 Å². The molecule has 4 N–H and O–H groups in total. The van der Waals surface area contributed by atoms with Gasteiger partial charge in [0.15, 0.2) is 6.29 Å². The zero-order valence-electron chi connectivity index (χ0n) is 33.5. The fraction of sp³-hybridized carbons (Fsp3) is 0.260. The smallest absolute Gasteiger partial charge is 0.319 e. The number of anilines is 1. The normalized spacial score (nSPS) is 20.3. The van der Waals surface area contributed by atoms with Crippen molar-refractivity contribution in [1.82, 2.24) is 10.2 Å². The van der Waals surface area contributed by atoms with Gasteiger partial charge in [-0.2, -0.15) is 0 Å². The molecule has 4 atom stereocenters. The Bertz CT molecular complexity index is 2320. The zero-order valence-corrected chi connectivity index (χ0v) is 34.3. The first kappa shape index (κ1) is 41.2. The van der Waals surface area contributed by atoms with E-state index in [1.165, 1.54) is 0 Å². The fourth-order valence-corrected chi connectivity index (χ4v) is 8.14. The first-order valence-electron chi connectivity index (χ1n) is 20.5. The third kappa shape index (κ3) is 10.1. The maximum atomic E-state index is 12.8. The molecule has 2 aliphatic rings. The number of carbonyl (C=O) groups is 1. The zero-order chi connectivity index (χ0) is 41.5. The summed E-state index contributed by atoms with van der Waals surface area (Å²) in [4.78, 5) is 15.2. The lowest BCUT2D eigenvalue weighted by Gasteiger charge is -2.45. The van der Waals surface area contributed by atoms with Crippen LogP contribution in [-0.4, -0.2) is 46.9 Å². The standard InChI is InChI=1S/C50H50ClN3O6/c1-34-46(32-54-28-26-50(57,27-29-54)41-18-20-42(51)21-19-41)59-48(60-47(34)38-12-10-35(33-55)11-13-38)39-16-14-37(15-17-39)40-7-5-6-36(30-40)31-52-49(56)53-43-22-24-45(25-23-43)58-44-8-3-2-4-9-44/h2-25,30,34,46-48,55,57H,26-29,31-33H2,1H3,(H2,52,53,56)/t34-,46+,47+,48+/m1/s1. The summed E-state index contributed by atoms with van der Waals surface area (Å²) in [5.41, 5.74) is 6.50. The van der Waals surface area contributed by atoms with Crippen LogP contribution in [0.1, 0.15) is 60.0 Å². The molecule has 2 fully saturated rings. The number of carbonyl (C=O) groups excluding carboxylic acids is 1. The lowest BCUT2D eigenvalue weighted by atomic mass is 9.84. The van der Waals surface area contributed by atoms with Crippen LogP contribution in [0.2, 0.25) is 5.02 Å². The van der Waals surface area contributed by atoms with Crippen molar-refractivity contribution in [3.05, 3.63) is 184 Å². The third-order valence-electron chi connectivity index (χ3n) is 11.6. The minimum absolute atomic E-state index is 0.0181. The van der Waals surface area contributed by atoms with Crippen molar-refractivity contribution >= 4 is 23.3 Å². The predicted octanol–water partition coefficient (Wildman–Crippen LogP) is 10.4. The number of para-hydroxylation sites is 1. The summed E-state index contributed by atoms with van der Waals surface area (Å²) in [5, 5.41) is 27.7. The van der Waals surface area contributed by atoms with Crippen LogP contribution in [0.3, 0.4) is 0 Å². The SMILES string of the molecule is C[C@@H]1[C@H](CN2CCC(O)(c3ccc(Cl)cc3)CC2)O[C@H](c2ccc(-c3cccc(CNC(=O)Nc4ccc(Oc5ccccc5)cc4)c3)cc2)O[C@@H]1c1ccc(CO)cc1. The Morgan fingerprint density at radius 3 is 2.15 bits per heavy atom. The molecule has 0 saturated carbocycles. The van der Waals surface area contributed by atoms with E-state index < -0.39 is 11.9 Å². The van der Waals surface area contributed by atoms with Crippen LogP contribution in [0.25, 0.3) is 11.1 Å². The van der Waals surface area contributed by atoms with Crippen molar-refractivity contribution in [3.63, 3.8) is 0 Å². The summed E-state index contributed by atoms with van der Waals surface area (Å²) in [7, 11) is 0. The van der Waals surface area contributed by atoms with E-state index in [1.807, 2.05) is 103 Å². The summed E-state index contributed by atoms with van der Waals surface area (Å²) in [6.45, 7) is 4.69. The largest absolute Gasteiger partial charge is 0.457 e. The van der Waals surface area contributed by atoms with Gasteiger partial charge in [0.25, 0.3) is 0 Å². The number of urea groups is 1. The van der Waals surface area contributed by atoms with Gasteiger partial charge in [0.2, 0.25) is 0 Å². The minimum Gasteiger partial charge on any atom is -0.457 e. The number of rotatable bonds is 12. The average Bonchev–Trinajstić information content (AvgIpc) is 3.28. The molecule has 2 aliphatic heterocycles. The molecule has 2 heterocycles. The highest BCUT2D eigenvalue weighted by Crippen LogP contribution is 2.43. The number of hydrogen-bond donors (Lipinski definition) is 4. The molecule has 0 aliphatic carbocycles. The molecule has 6 aromatic rings. The number of nitrogens with one attached hydrogen (secondary N) is 2. The second kappa shape index (κ2) is 18.8. The molecule has 2 saturated heterocycles. The van der Waals surface area contributed by atoms with Gasteiger partial charge in [0.05, 0.1) is 24.4 Å². The highest BCUT2D eigenvalue weighted by atomic mass is 35.5. The van der Waals surface area contributed by atoms with E-state index in [9.17, 15) is 15.0 Å². The number of aliphatic hydroxyl groups excluding tert-OH is 1. The van der Waals surface area contributed by atoms with Crippen molar-refractivity contribution in [2.75, 3.05) is 25.0 Å². The number of benzene rings is 6. The first-order chi connectivity index (χ1) is 29.2. The van der Waals surface area contributed by atoms with Gasteiger partial charge in [0, 0.05) is 48.4 Å². The van der Waals surface area contributed by atoms with Gasteiger partial charge in [0.1, 0.15) is 11.5 Å². The summed E-state index contributed by atoms with van der Waals surface area (Å²) in [5.74, 6) is 1.47. The number of aliphatic hydroxyl groups is 2. The van der Waals surface area contributed by atoms with Crippen LogP contribution in [0.4, 0.5) is 10.5 Å². The second-order valence-electron chi connectivity index (χ2n) is 15.7. The van der Waals surface area contributed by atoms with E-state index in [0.717, 1.165) is 57.8 Å². The predicted molar refractivity (Wildman–Crippen MR) is 235 cm³/mol. The van der Waals surface area contributed by atoms with E-state index in [-0.39, 0.29) is 30.8 Å². The summed E-state index contributed by atoms with van der Waals surface area (Å²) in [6.07, 6.45) is 0.274. The van der Waals surface area contributed by atoms with Crippen molar-refractivity contribution in [1.29, 1.82) is 0 Å². The summed E-state index contributed by atoms with van der Waals surface area (Å²) >= 11 is 6.12. The van der Waals surface area contributed by atoms with E-state index in [0.29, 0.717) is 42.4 Å². The molecule has 308 valence electrons. The van der Waals surface area contributed by atoms with Gasteiger partial charge in [-0.3, -0.25) is 0 Å². The maximum Gasteiger partial charge on any atom is 0.319 e. The van der Waals surface area contributed by atoms with Gasteiger partial charge >= 0.3 is 6.03 Å². The van der Waals surface area contributed by atoms with Crippen LogP contribution in [-0.2, 0) is 28.2 Å². The van der Waals surface area contributed by atoms with Crippen molar-refractivity contribution < 1.29 is 29.2 Å². The molecule has 6 aromatic carbocycles. The molecule has 9 nitrogen and oxygen atoms in total. The second-order valence-corrected chi connectivity index (χ2v) is 16.2. The van der Waals surface area contributed by atoms with Crippen LogP contribution in [0.5, 0.6) is 11.5 Å². The van der Waals surface area contributed by atoms with E-state index in [2.05, 4.69) is 58.9 Å². The Labute approximate surface area is 356 Å². The number of piperidine rings is 1. The van der Waals surface area contributed by atoms with E-state index >= 15 is 0 Å². The van der Waals surface area contributed by atoms with Gasteiger partial charge in [-0.05, 0) is 101 Å². The monoisotopic (exact) mass is 823 g/mol. The number of halogens is 1. The number of nitrogens with zero attached hydrogens (tertiary/aromatic N) is 1. The third-order valence-corrected chi connectivity index (χ3v) is 11.9. The fourth-order valence-electron chi connectivity index (χ4n) is 8.02. The Balaban J connectivity index is 0.905. The average molecular weight is 824 g/mol. The Kier molecular flexibility index (Phi) is 12.9. The molecule has 0 unspecified atom stereocenters. The van der Waals surface area contributed by atoms with Gasteiger partial charge in [-0.25, -0.2) is 4.79 Å². The van der Waals surface area contributed by atoms with Crippen LogP contribution in [0.15, 0.2) is 152 Å². The van der Waals surface area contributed by atoms with Gasteiger partial charge < -0.3 is 40.0 Å². The topological polar surface area (TPSA) is 113 Å². The minimum atomic E-state index is -0.887. The highest BCUT2D eigenvalue weighted by Gasteiger charge is 2.41. The number of hydrogen-bond acceptors (Lipinski definition) is 7. The van der Waals surface area contributed by atoms with Gasteiger partial charge in [-0.15, -0.1) is 0 Å². The molecule has 0 bridgehead atoms. The molecule has 0 spiro atoms. The molecular formula is C50H50ClN3O6. The molecule has 0 radical (unpaired) electrons. The Hall–Kier alpha value is -5.52. The highest BCUT2D eigenvalue weighted by molar-refractivity contribution is 6.30. The van der Waals surface area contributed by atoms with Crippen molar-refractivity contribution in [2.24, 2.45) is 5.92 Å². The number of ether oxygens (including phenoxy) is 3. The molecule has 2 amide bonds. The molecule has 0 aromatic heterocycles. The van der Waals surface area contributed by atoms with Crippen LogP contribution in [0, 0.1) is 5.92 Å². The summed E-state index contributed by atoms with van der Waals surface area (Å²) in [6, 6.07) is 48.4. The lowest BCUT2D eigenvalue weighted by Crippen LogP contribution is -2.49. The first-order valence-corrected chi connectivity index (χ1v) is 20.9. The van der Waals surface area contributed by atoms with E-state index in [1.54, 1.807) is 12.1 Å². The molecule has 8 rings (SSSR count). The Morgan fingerprint density at radius 2 is 1.45 bits per heavy atom. The number of likely N-dealkylation sites (tertiary alicyclic amines) is 1. The number of amides is 2. The quantitative estimate of drug-likeness (QED) is 0.0972. The van der Waals surface area contributed by atoms with Crippen LogP contribution < -0.4 is 15.4 Å². The van der Waals surface area contributed by atoms with Crippen molar-refractivity contribution in [2.45, 2.75) is 57.0 Å². The van der Waals surface area contributed by atoms with E-state index in [4.69, 9.17) is 25.8 Å². The molecule has 10 heteroatoms. The molecule has 60 heavy (non-hydrogen) atoms. The summed E-state index contributed by atoms with van der Waals surface area (Å²) < 4.78 is 19.4. The van der Waals surface area contributed by atoms with Crippen molar-refractivity contribution in [3.8, 4) is 22.6 Å². The maximum absolute atomic E-state index is 12.8. The lowest BCUT2D eigenvalue weighted by molar-refractivity contribution is -0.277.